The van der Waals surface area contributed by atoms with Gasteiger partial charge in [0.2, 0.25) is 0 Å². The van der Waals surface area contributed by atoms with Crippen LogP contribution in [0.3, 0.4) is 0 Å². The minimum absolute atomic E-state index is 0.448. The molecule has 0 bridgehead atoms. The van der Waals surface area contributed by atoms with Gasteiger partial charge < -0.3 is 0 Å². The van der Waals surface area contributed by atoms with E-state index >= 15 is 0 Å². The number of allylic oxidation sites excluding steroid dienone is 4. The molecule has 2 aliphatic heterocycles. The summed E-state index contributed by atoms with van der Waals surface area (Å²) in [6.45, 7) is 0. The van der Waals surface area contributed by atoms with Crippen LogP contribution in [0, 0.1) is 11.8 Å². The molecule has 0 radical (unpaired) electrons. The van der Waals surface area contributed by atoms with Crippen molar-refractivity contribution in [2.24, 2.45) is 11.8 Å². The van der Waals surface area contributed by atoms with Crippen LogP contribution >= 0.6 is 22.0 Å². The van der Waals surface area contributed by atoms with Crippen molar-refractivity contribution in [1.29, 1.82) is 0 Å². The minimum Gasteiger partial charge on any atom is -0.300 e. The first-order chi connectivity index (χ1) is 15.7. The number of carbonyl (C=O) groups excluding carboxylic acids is 2. The fourth-order valence-corrected chi connectivity index (χ4v) is 10.2. The third-order valence-corrected chi connectivity index (χ3v) is 11.1. The quantitative estimate of drug-likeness (QED) is 0.397. The first-order valence-corrected chi connectivity index (χ1v) is 14.4. The number of Topliss-reactive ketones (excluding diaryl/α,β-unsaturated/α-hetero) is 2. The van der Waals surface area contributed by atoms with Crippen LogP contribution in [-0.2, 0) is 9.59 Å². The fourth-order valence-electron chi connectivity index (χ4n) is 6.86. The Balaban J connectivity index is 1.24. The smallest absolute Gasteiger partial charge is 0.133 e. The molecule has 2 saturated heterocycles. The first-order valence-electron chi connectivity index (χ1n) is 12.3. The standard InChI is InChI=1S/C26H32N2O2S2/c29-21-9-11-25-19(15-21)13-17-5-1-3-7-23(17)27(25)31-32-28-24-8-4-2-6-18(24)14-20-16-22(30)10-12-26(20)28/h1-6,19-20,23-26H,7-16H2. The number of hydrogen-bond acceptors (Lipinski definition) is 6. The first kappa shape index (κ1) is 21.5. The highest BCUT2D eigenvalue weighted by molar-refractivity contribution is 8.74. The van der Waals surface area contributed by atoms with Crippen LogP contribution in [0.2, 0.25) is 0 Å². The van der Waals surface area contributed by atoms with Gasteiger partial charge in [-0.25, -0.2) is 8.61 Å². The van der Waals surface area contributed by atoms with E-state index in [9.17, 15) is 9.59 Å². The molecule has 6 heteroatoms. The second kappa shape index (κ2) is 8.94. The molecular weight excluding hydrogens is 436 g/mol. The van der Waals surface area contributed by atoms with E-state index < -0.39 is 0 Å². The van der Waals surface area contributed by atoms with Crippen molar-refractivity contribution in [2.45, 2.75) is 88.4 Å². The van der Waals surface area contributed by atoms with Gasteiger partial charge in [0.25, 0.3) is 0 Å². The van der Waals surface area contributed by atoms with E-state index in [4.69, 9.17) is 0 Å². The Morgan fingerprint density at radius 2 is 1.16 bits per heavy atom. The zero-order chi connectivity index (χ0) is 21.7. The summed E-state index contributed by atoms with van der Waals surface area (Å²) >= 11 is 0. The predicted octanol–water partition coefficient (Wildman–Crippen LogP) is 5.59. The maximum Gasteiger partial charge on any atom is 0.133 e. The van der Waals surface area contributed by atoms with Gasteiger partial charge in [-0.3, -0.25) is 9.59 Å². The summed E-state index contributed by atoms with van der Waals surface area (Å²) in [5.74, 6) is 1.83. The number of hydrogen-bond donors (Lipinski definition) is 0. The number of rotatable bonds is 3. The Kier molecular flexibility index (Phi) is 5.99. The Labute approximate surface area is 199 Å². The molecule has 0 aromatic heterocycles. The van der Waals surface area contributed by atoms with Crippen molar-refractivity contribution < 1.29 is 9.59 Å². The van der Waals surface area contributed by atoms with Crippen LogP contribution in [0.25, 0.3) is 0 Å². The van der Waals surface area contributed by atoms with E-state index in [0.29, 0.717) is 47.6 Å². The van der Waals surface area contributed by atoms with Gasteiger partial charge in [0, 0.05) is 71.8 Å². The number of ketones is 2. The van der Waals surface area contributed by atoms with Crippen molar-refractivity contribution in [1.82, 2.24) is 8.61 Å². The van der Waals surface area contributed by atoms with E-state index in [-0.39, 0.29) is 0 Å². The lowest BCUT2D eigenvalue weighted by Crippen LogP contribution is -2.53. The SMILES string of the molecule is O=C1CCC2C(C1)CC1=CC=CCC1N2SSN1C2CC=CC=C2CC2CC(=O)CCC21. The molecule has 4 aliphatic carbocycles. The normalized spacial score (nSPS) is 39.5. The van der Waals surface area contributed by atoms with Gasteiger partial charge in [-0.15, -0.1) is 0 Å². The lowest BCUT2D eigenvalue weighted by atomic mass is 9.74. The van der Waals surface area contributed by atoms with Gasteiger partial charge in [-0.1, -0.05) is 47.6 Å². The van der Waals surface area contributed by atoms with E-state index in [1.54, 1.807) is 0 Å². The summed E-state index contributed by atoms with van der Waals surface area (Å²) in [6.07, 6.45) is 22.9. The molecule has 170 valence electrons. The zero-order valence-electron chi connectivity index (χ0n) is 18.5. The van der Waals surface area contributed by atoms with E-state index in [1.807, 2.05) is 22.0 Å². The molecule has 0 spiro atoms. The topological polar surface area (TPSA) is 40.6 Å². The lowest BCUT2D eigenvalue weighted by Gasteiger charge is -2.51. The highest BCUT2D eigenvalue weighted by atomic mass is 33.1. The molecule has 6 rings (SSSR count). The highest BCUT2D eigenvalue weighted by Gasteiger charge is 2.46. The van der Waals surface area contributed by atoms with Crippen molar-refractivity contribution >= 4 is 33.5 Å². The van der Waals surface area contributed by atoms with Crippen LogP contribution in [-0.4, -0.2) is 44.3 Å². The molecule has 32 heavy (non-hydrogen) atoms. The largest absolute Gasteiger partial charge is 0.300 e. The third-order valence-electron chi connectivity index (χ3n) is 8.44. The van der Waals surface area contributed by atoms with E-state index in [2.05, 4.69) is 45.1 Å². The van der Waals surface area contributed by atoms with Crippen LogP contribution in [0.4, 0.5) is 0 Å². The molecule has 6 unspecified atom stereocenters. The molecule has 0 N–H and O–H groups in total. The summed E-state index contributed by atoms with van der Waals surface area (Å²) in [6, 6.07) is 1.91. The van der Waals surface area contributed by atoms with Gasteiger partial charge in [-0.2, -0.15) is 0 Å². The average Bonchev–Trinajstić information content (AvgIpc) is 2.80. The number of nitrogens with zero attached hydrogens (tertiary/aromatic N) is 2. The number of piperidine rings is 2. The molecule has 4 fully saturated rings. The average molecular weight is 469 g/mol. The molecule has 2 heterocycles. The maximum absolute atomic E-state index is 12.2. The predicted molar refractivity (Wildman–Crippen MR) is 132 cm³/mol. The van der Waals surface area contributed by atoms with Crippen LogP contribution in [0.1, 0.15) is 64.2 Å². The van der Waals surface area contributed by atoms with Gasteiger partial charge in [-0.05, 0) is 50.4 Å². The van der Waals surface area contributed by atoms with E-state index in [1.165, 1.54) is 11.1 Å². The van der Waals surface area contributed by atoms with Crippen LogP contribution in [0.15, 0.2) is 47.6 Å². The highest BCUT2D eigenvalue weighted by Crippen LogP contribution is 2.52. The fraction of sp³-hybridized carbons (Fsp3) is 0.615. The summed E-state index contributed by atoms with van der Waals surface area (Å²) in [4.78, 5) is 24.4. The lowest BCUT2D eigenvalue weighted by molar-refractivity contribution is -0.124. The Morgan fingerprint density at radius 1 is 0.688 bits per heavy atom. The Morgan fingerprint density at radius 3 is 1.62 bits per heavy atom. The second-order valence-corrected chi connectivity index (χ2v) is 12.4. The number of carbonyl (C=O) groups is 2. The summed E-state index contributed by atoms with van der Waals surface area (Å²) in [5, 5.41) is 0. The van der Waals surface area contributed by atoms with Crippen molar-refractivity contribution in [3.8, 4) is 0 Å². The van der Waals surface area contributed by atoms with Gasteiger partial charge in [0.1, 0.15) is 11.6 Å². The van der Waals surface area contributed by atoms with Gasteiger partial charge in [0.15, 0.2) is 0 Å². The molecule has 0 amide bonds. The zero-order valence-corrected chi connectivity index (χ0v) is 20.2. The Bertz CT molecular complexity index is 849. The van der Waals surface area contributed by atoms with Gasteiger partial charge >= 0.3 is 0 Å². The summed E-state index contributed by atoms with van der Waals surface area (Å²) < 4.78 is 5.33. The molecule has 6 atom stereocenters. The molecule has 4 nitrogen and oxygen atoms in total. The molecule has 0 aromatic carbocycles. The van der Waals surface area contributed by atoms with E-state index in [0.717, 1.165) is 64.2 Å². The molecule has 2 saturated carbocycles. The number of fused-ring (bicyclic) bond motifs is 4. The maximum atomic E-state index is 12.2. The van der Waals surface area contributed by atoms with Crippen LogP contribution in [0.5, 0.6) is 0 Å². The monoisotopic (exact) mass is 468 g/mol. The molecular formula is C26H32N2O2S2. The molecule has 6 aliphatic rings. The Hall–Kier alpha value is -1.08. The molecule has 0 aromatic rings. The minimum atomic E-state index is 0.448. The van der Waals surface area contributed by atoms with Crippen molar-refractivity contribution in [3.05, 3.63) is 47.6 Å². The van der Waals surface area contributed by atoms with Crippen LogP contribution < -0.4 is 0 Å². The second-order valence-electron chi connectivity index (χ2n) is 10.3. The van der Waals surface area contributed by atoms with Crippen molar-refractivity contribution in [2.75, 3.05) is 0 Å². The van der Waals surface area contributed by atoms with Crippen molar-refractivity contribution in [3.63, 3.8) is 0 Å². The summed E-state index contributed by atoms with van der Waals surface area (Å²) in [5.41, 5.74) is 3.02. The van der Waals surface area contributed by atoms with Gasteiger partial charge in [0.05, 0.1) is 0 Å². The summed E-state index contributed by atoms with van der Waals surface area (Å²) in [7, 11) is 3.88. The third kappa shape index (κ3) is 3.91.